The maximum absolute atomic E-state index is 14.3. The number of fused-ring (bicyclic) bond motifs is 3. The number of amides is 2. The molecular weight excluding hydrogens is 510 g/mol. The van der Waals surface area contributed by atoms with Gasteiger partial charge in [-0.1, -0.05) is 15.9 Å². The van der Waals surface area contributed by atoms with E-state index < -0.39 is 29.9 Å². The van der Waals surface area contributed by atoms with Gasteiger partial charge in [0.2, 0.25) is 11.8 Å². The second-order valence-electron chi connectivity index (χ2n) is 8.32. The van der Waals surface area contributed by atoms with E-state index in [-0.39, 0.29) is 30.6 Å². The fourth-order valence-electron chi connectivity index (χ4n) is 3.93. The molecule has 3 aromatic rings. The Balaban J connectivity index is 1.76. The first-order valence-electron chi connectivity index (χ1n) is 10.7. The summed E-state index contributed by atoms with van der Waals surface area (Å²) in [5.74, 6) is -1.44. The number of nitrogens with zero attached hydrogens (tertiary/aromatic N) is 3. The van der Waals surface area contributed by atoms with Gasteiger partial charge in [-0.2, -0.15) is 5.10 Å². The fraction of sp³-hybridized carbons (Fsp3) is 0.292. The molecule has 0 spiro atoms. The number of aryl methyl sites for hydroxylation is 1. The van der Waals surface area contributed by atoms with Gasteiger partial charge in [0.25, 0.3) is 0 Å². The molecule has 10 heteroatoms. The van der Waals surface area contributed by atoms with Crippen molar-refractivity contribution in [2.75, 3.05) is 11.4 Å². The normalized spacial score (nSPS) is 12.1. The van der Waals surface area contributed by atoms with E-state index in [1.165, 1.54) is 4.90 Å². The van der Waals surface area contributed by atoms with Crippen molar-refractivity contribution in [2.45, 2.75) is 32.9 Å². The third kappa shape index (κ3) is 4.82. The van der Waals surface area contributed by atoms with Gasteiger partial charge in [-0.15, -0.1) is 0 Å². The zero-order valence-corrected chi connectivity index (χ0v) is 20.4. The summed E-state index contributed by atoms with van der Waals surface area (Å²) in [6.45, 7) is 3.41. The van der Waals surface area contributed by atoms with Crippen LogP contribution < -0.4 is 15.0 Å². The van der Waals surface area contributed by atoms with Gasteiger partial charge in [0, 0.05) is 28.7 Å². The first kappa shape index (κ1) is 23.9. The second kappa shape index (κ2) is 9.54. The van der Waals surface area contributed by atoms with Crippen molar-refractivity contribution in [3.63, 3.8) is 0 Å². The number of ether oxygens (including phenoxy) is 1. The molecule has 7 nitrogen and oxygen atoms in total. The zero-order chi connectivity index (χ0) is 24.6. The van der Waals surface area contributed by atoms with E-state index in [2.05, 4.69) is 26.3 Å². The lowest BCUT2D eigenvalue weighted by atomic mass is 10.0. The van der Waals surface area contributed by atoms with Gasteiger partial charge in [-0.25, -0.2) is 8.78 Å². The van der Waals surface area contributed by atoms with Crippen LogP contribution in [0.25, 0.3) is 11.3 Å². The number of aromatic nitrogens is 2. The Bertz CT molecular complexity index is 1280. The van der Waals surface area contributed by atoms with E-state index in [4.69, 9.17) is 4.74 Å². The van der Waals surface area contributed by atoms with Crippen molar-refractivity contribution in [2.24, 2.45) is 7.05 Å². The summed E-state index contributed by atoms with van der Waals surface area (Å²) in [4.78, 5) is 27.2. The molecule has 4 rings (SSSR count). The molecule has 1 aliphatic rings. The van der Waals surface area contributed by atoms with E-state index in [1.54, 1.807) is 25.6 Å². The Morgan fingerprint density at radius 2 is 2.00 bits per heavy atom. The van der Waals surface area contributed by atoms with Crippen LogP contribution in [0, 0.1) is 11.6 Å². The van der Waals surface area contributed by atoms with Crippen molar-refractivity contribution in [3.05, 3.63) is 63.6 Å². The van der Waals surface area contributed by atoms with Crippen LogP contribution in [0.5, 0.6) is 5.75 Å². The van der Waals surface area contributed by atoms with Gasteiger partial charge in [0.05, 0.1) is 17.7 Å². The molecule has 1 N–H and O–H groups in total. The summed E-state index contributed by atoms with van der Waals surface area (Å²) in [6, 6.07) is 8.37. The number of carbonyl (C=O) groups is 2. The standard InChI is InChI=1S/C24H23BrF2N4O3/c1-13(2)28-21(32)11-31(22(33)9-14-8-16(26)5-6-19(14)27)24-18-12-34-20-7-4-15(25)10-17(20)23(18)30(3)29-24/h4-8,10,13H,9,11-12H2,1-3H3,(H,28,32). The molecule has 1 aromatic heterocycles. The van der Waals surface area contributed by atoms with Crippen LogP contribution in [0.15, 0.2) is 40.9 Å². The van der Waals surface area contributed by atoms with E-state index in [0.717, 1.165) is 33.9 Å². The molecule has 0 saturated heterocycles. The van der Waals surface area contributed by atoms with E-state index in [1.807, 2.05) is 18.2 Å². The lowest BCUT2D eigenvalue weighted by Gasteiger charge is -2.24. The molecule has 0 saturated carbocycles. The molecule has 2 aromatic carbocycles. The highest BCUT2D eigenvalue weighted by Gasteiger charge is 2.32. The Hall–Kier alpha value is -3.27. The molecule has 0 radical (unpaired) electrons. The van der Waals surface area contributed by atoms with Crippen molar-refractivity contribution in [1.82, 2.24) is 15.1 Å². The van der Waals surface area contributed by atoms with Gasteiger partial charge < -0.3 is 10.1 Å². The SMILES string of the molecule is CC(C)NC(=O)CN(C(=O)Cc1cc(F)ccc1F)c1nn(C)c2c1COc1ccc(Br)cc1-2. The molecule has 0 fully saturated rings. The maximum atomic E-state index is 14.3. The Morgan fingerprint density at radius 1 is 1.24 bits per heavy atom. The highest BCUT2D eigenvalue weighted by atomic mass is 79.9. The van der Waals surface area contributed by atoms with Crippen LogP contribution in [0.4, 0.5) is 14.6 Å². The average molecular weight is 533 g/mol. The molecule has 1 aliphatic heterocycles. The summed E-state index contributed by atoms with van der Waals surface area (Å²) in [6.07, 6.45) is -0.438. The highest BCUT2D eigenvalue weighted by Crippen LogP contribution is 2.42. The van der Waals surface area contributed by atoms with Crippen molar-refractivity contribution < 1.29 is 23.1 Å². The molecule has 34 heavy (non-hydrogen) atoms. The largest absolute Gasteiger partial charge is 0.488 e. The Morgan fingerprint density at radius 3 is 2.74 bits per heavy atom. The van der Waals surface area contributed by atoms with Crippen LogP contribution in [0.3, 0.4) is 0 Å². The van der Waals surface area contributed by atoms with Gasteiger partial charge in [-0.05, 0) is 50.2 Å². The predicted molar refractivity (Wildman–Crippen MR) is 126 cm³/mol. The molecule has 178 valence electrons. The number of hydrogen-bond acceptors (Lipinski definition) is 4. The van der Waals surface area contributed by atoms with Gasteiger partial charge in [0.1, 0.15) is 30.5 Å². The van der Waals surface area contributed by atoms with Gasteiger partial charge in [-0.3, -0.25) is 19.2 Å². The number of hydrogen-bond donors (Lipinski definition) is 1. The molecule has 0 unspecified atom stereocenters. The number of nitrogens with one attached hydrogen (secondary N) is 1. The van der Waals surface area contributed by atoms with Crippen molar-refractivity contribution >= 4 is 33.6 Å². The summed E-state index contributed by atoms with van der Waals surface area (Å²) < 4.78 is 36.3. The minimum absolute atomic E-state index is 0.102. The number of halogens is 3. The number of rotatable bonds is 6. The quantitative estimate of drug-likeness (QED) is 0.518. The Kier molecular flexibility index (Phi) is 6.70. The van der Waals surface area contributed by atoms with E-state index in [0.29, 0.717) is 11.3 Å². The molecule has 2 amide bonds. The number of anilines is 1. The molecule has 0 aliphatic carbocycles. The molecular formula is C24H23BrF2N4O3. The van der Waals surface area contributed by atoms with Crippen LogP contribution >= 0.6 is 15.9 Å². The van der Waals surface area contributed by atoms with E-state index in [9.17, 15) is 18.4 Å². The maximum Gasteiger partial charge on any atom is 0.240 e. The van der Waals surface area contributed by atoms with Gasteiger partial charge in [0.15, 0.2) is 5.82 Å². The lowest BCUT2D eigenvalue weighted by molar-refractivity contribution is -0.124. The topological polar surface area (TPSA) is 76.5 Å². The predicted octanol–water partition coefficient (Wildman–Crippen LogP) is 4.12. The summed E-state index contributed by atoms with van der Waals surface area (Å²) in [5.41, 5.74) is 2.05. The first-order valence-corrected chi connectivity index (χ1v) is 11.5. The summed E-state index contributed by atoms with van der Waals surface area (Å²) in [7, 11) is 1.74. The van der Waals surface area contributed by atoms with E-state index >= 15 is 0 Å². The summed E-state index contributed by atoms with van der Waals surface area (Å²) in [5, 5.41) is 7.29. The third-order valence-electron chi connectivity index (χ3n) is 5.35. The second-order valence-corrected chi connectivity index (χ2v) is 9.23. The average Bonchev–Trinajstić information content (AvgIpc) is 3.10. The molecule has 0 atom stereocenters. The number of benzene rings is 2. The number of carbonyl (C=O) groups excluding carboxylic acids is 2. The van der Waals surface area contributed by atoms with Crippen LogP contribution in [0.2, 0.25) is 0 Å². The third-order valence-corrected chi connectivity index (χ3v) is 5.84. The van der Waals surface area contributed by atoms with Crippen molar-refractivity contribution in [3.8, 4) is 17.0 Å². The van der Waals surface area contributed by atoms with Crippen molar-refractivity contribution in [1.29, 1.82) is 0 Å². The molecule has 0 bridgehead atoms. The molecule has 2 heterocycles. The van der Waals surface area contributed by atoms with Gasteiger partial charge >= 0.3 is 0 Å². The summed E-state index contributed by atoms with van der Waals surface area (Å²) >= 11 is 3.46. The Labute approximate surface area is 203 Å². The monoisotopic (exact) mass is 532 g/mol. The first-order chi connectivity index (χ1) is 16.1. The van der Waals surface area contributed by atoms with Crippen LogP contribution in [0.1, 0.15) is 25.0 Å². The zero-order valence-electron chi connectivity index (χ0n) is 18.9. The minimum atomic E-state index is -0.702. The smallest absolute Gasteiger partial charge is 0.240 e. The highest BCUT2D eigenvalue weighted by molar-refractivity contribution is 9.10. The fourth-order valence-corrected chi connectivity index (χ4v) is 4.29. The lowest BCUT2D eigenvalue weighted by Crippen LogP contribution is -2.44. The van der Waals surface area contributed by atoms with Crippen LogP contribution in [-0.4, -0.2) is 34.2 Å². The minimum Gasteiger partial charge on any atom is -0.488 e. The van der Waals surface area contributed by atoms with Crippen LogP contribution in [-0.2, 0) is 29.7 Å².